The monoisotopic (exact) mass is 362 g/mol. The Kier molecular flexibility index (Phi) is 3.26. The summed E-state index contributed by atoms with van der Waals surface area (Å²) in [5.74, 6) is 2.89. The van der Waals surface area contributed by atoms with E-state index in [1.807, 2.05) is 55.5 Å². The van der Waals surface area contributed by atoms with Gasteiger partial charge in [0.15, 0.2) is 0 Å². The van der Waals surface area contributed by atoms with Crippen LogP contribution in [0.4, 0.5) is 0 Å². The third-order valence-corrected chi connectivity index (χ3v) is 6.35. The van der Waals surface area contributed by atoms with Crippen LogP contribution < -0.4 is 0 Å². The molecule has 0 saturated heterocycles. The average molecular weight is 362 g/mol. The Morgan fingerprint density at radius 2 is 1.79 bits per heavy atom. The first-order valence-electron chi connectivity index (χ1n) is 5.84. The van der Waals surface area contributed by atoms with E-state index in [0.29, 0.717) is 5.56 Å². The van der Waals surface area contributed by atoms with Crippen molar-refractivity contribution in [3.8, 4) is 9.85 Å². The Hall–Kier alpha value is -1.80. The van der Waals surface area contributed by atoms with Crippen molar-refractivity contribution in [2.24, 2.45) is 0 Å². The molecule has 0 spiro atoms. The fraction of sp³-hybridized carbons (Fsp3) is 0.0625. The van der Waals surface area contributed by atoms with Crippen LogP contribution in [0.3, 0.4) is 0 Å². The van der Waals surface area contributed by atoms with Crippen molar-refractivity contribution in [2.45, 2.75) is 6.92 Å². The third kappa shape index (κ3) is 2.49. The minimum absolute atomic E-state index is 0.223. The first-order valence-corrected chi connectivity index (χ1v) is 8.88. The number of carbonyl (C=O) groups is 1. The summed E-state index contributed by atoms with van der Waals surface area (Å²) < 4.78 is 9.60. The standard InChI is InChI=1S/C16H11IO2/c1-12-6-8-13(9-7-12)10-11-17-15-5-3-2-4-14(15)16(18)19-17/h2-9H,1H3. The molecule has 1 aliphatic rings. The van der Waals surface area contributed by atoms with Crippen molar-refractivity contribution in [1.29, 1.82) is 0 Å². The van der Waals surface area contributed by atoms with Crippen molar-refractivity contribution in [3.63, 3.8) is 0 Å². The molecular weight excluding hydrogens is 351 g/mol. The number of benzene rings is 2. The van der Waals surface area contributed by atoms with Crippen molar-refractivity contribution < 1.29 is 7.86 Å². The Bertz CT molecular complexity index is 693. The Morgan fingerprint density at radius 1 is 1.05 bits per heavy atom. The molecule has 0 fully saturated rings. The third-order valence-electron chi connectivity index (χ3n) is 2.75. The molecule has 0 N–H and O–H groups in total. The molecular formula is C16H11IO2. The van der Waals surface area contributed by atoms with Crippen LogP contribution in [0.25, 0.3) is 0 Å². The number of carbonyl (C=O) groups excluding carboxylic acids is 1. The van der Waals surface area contributed by atoms with E-state index in [4.69, 9.17) is 3.07 Å². The van der Waals surface area contributed by atoms with Gasteiger partial charge in [0.05, 0.1) is 0 Å². The number of hydrogen-bond acceptors (Lipinski definition) is 2. The van der Waals surface area contributed by atoms with Crippen LogP contribution in [-0.2, 0) is 3.07 Å². The van der Waals surface area contributed by atoms with Crippen LogP contribution in [-0.4, -0.2) is 5.97 Å². The van der Waals surface area contributed by atoms with E-state index < -0.39 is 20.2 Å². The Morgan fingerprint density at radius 3 is 2.58 bits per heavy atom. The average Bonchev–Trinajstić information content (AvgIpc) is 2.76. The van der Waals surface area contributed by atoms with Crippen LogP contribution in [0, 0.1) is 20.3 Å². The molecule has 0 unspecified atom stereocenters. The van der Waals surface area contributed by atoms with Gasteiger partial charge in [0.1, 0.15) is 0 Å². The van der Waals surface area contributed by atoms with Crippen molar-refractivity contribution in [1.82, 2.24) is 0 Å². The summed E-state index contributed by atoms with van der Waals surface area (Å²) in [4.78, 5) is 11.7. The molecule has 0 aliphatic carbocycles. The van der Waals surface area contributed by atoms with Crippen LogP contribution in [0.15, 0.2) is 48.5 Å². The molecule has 0 bridgehead atoms. The molecule has 0 amide bonds. The second-order valence-electron chi connectivity index (χ2n) is 4.18. The zero-order valence-electron chi connectivity index (χ0n) is 10.3. The van der Waals surface area contributed by atoms with Gasteiger partial charge in [-0.2, -0.15) is 0 Å². The molecule has 3 rings (SSSR count). The molecule has 1 heterocycles. The maximum atomic E-state index is 11.7. The van der Waals surface area contributed by atoms with Gasteiger partial charge in [-0.1, -0.05) is 0 Å². The van der Waals surface area contributed by atoms with E-state index in [1.54, 1.807) is 0 Å². The van der Waals surface area contributed by atoms with E-state index in [-0.39, 0.29) is 5.97 Å². The van der Waals surface area contributed by atoms with Crippen LogP contribution in [0.5, 0.6) is 0 Å². The first kappa shape index (κ1) is 12.2. The van der Waals surface area contributed by atoms with Crippen LogP contribution >= 0.6 is 20.2 Å². The van der Waals surface area contributed by atoms with Gasteiger partial charge in [-0.15, -0.1) is 0 Å². The van der Waals surface area contributed by atoms with Gasteiger partial charge in [-0.3, -0.25) is 0 Å². The molecule has 0 aromatic heterocycles. The van der Waals surface area contributed by atoms with Gasteiger partial charge in [0, 0.05) is 0 Å². The van der Waals surface area contributed by atoms with E-state index in [0.717, 1.165) is 9.13 Å². The fourth-order valence-corrected chi connectivity index (χ4v) is 5.03. The predicted molar refractivity (Wildman–Crippen MR) is 82.6 cm³/mol. The maximum absolute atomic E-state index is 11.7. The van der Waals surface area contributed by atoms with Gasteiger partial charge in [-0.25, -0.2) is 0 Å². The fourth-order valence-electron chi connectivity index (χ4n) is 1.73. The minimum atomic E-state index is -2.12. The second-order valence-corrected chi connectivity index (χ2v) is 7.74. The zero-order chi connectivity index (χ0) is 13.2. The van der Waals surface area contributed by atoms with Gasteiger partial charge in [0.2, 0.25) is 0 Å². The van der Waals surface area contributed by atoms with E-state index in [1.165, 1.54) is 5.56 Å². The number of fused-ring (bicyclic) bond motifs is 1. The Balaban J connectivity index is 1.90. The number of rotatable bonds is 0. The topological polar surface area (TPSA) is 26.3 Å². The van der Waals surface area contributed by atoms with E-state index in [2.05, 4.69) is 9.85 Å². The van der Waals surface area contributed by atoms with Gasteiger partial charge < -0.3 is 0 Å². The summed E-state index contributed by atoms with van der Waals surface area (Å²) >= 11 is -2.12. The molecule has 0 saturated carbocycles. The normalized spacial score (nSPS) is 14.4. The zero-order valence-corrected chi connectivity index (χ0v) is 12.5. The molecule has 94 valence electrons. The predicted octanol–water partition coefficient (Wildman–Crippen LogP) is 3.77. The van der Waals surface area contributed by atoms with Crippen molar-refractivity contribution >= 4 is 26.2 Å². The molecule has 0 radical (unpaired) electrons. The molecule has 3 heteroatoms. The summed E-state index contributed by atoms with van der Waals surface area (Å²) in [5.41, 5.74) is 2.86. The van der Waals surface area contributed by atoms with Crippen molar-refractivity contribution in [3.05, 3.63) is 68.8 Å². The number of halogens is 1. The van der Waals surface area contributed by atoms with Gasteiger partial charge in [0.25, 0.3) is 0 Å². The number of aryl methyl sites for hydroxylation is 1. The summed E-state index contributed by atoms with van der Waals surface area (Å²) in [6.45, 7) is 2.04. The summed E-state index contributed by atoms with van der Waals surface area (Å²) in [6, 6.07) is 15.6. The molecule has 2 nitrogen and oxygen atoms in total. The summed E-state index contributed by atoms with van der Waals surface area (Å²) in [6.07, 6.45) is 0. The molecule has 1 aliphatic heterocycles. The second kappa shape index (κ2) is 5.06. The van der Waals surface area contributed by atoms with Crippen LogP contribution in [0.2, 0.25) is 0 Å². The molecule has 2 aromatic rings. The molecule has 19 heavy (non-hydrogen) atoms. The van der Waals surface area contributed by atoms with E-state index in [9.17, 15) is 4.79 Å². The number of hydrogen-bond donors (Lipinski definition) is 0. The van der Waals surface area contributed by atoms with Crippen LogP contribution in [0.1, 0.15) is 21.5 Å². The SMILES string of the molecule is Cc1ccc(C#CI2OC(=O)c3ccccc32)cc1. The first-order chi connectivity index (χ1) is 9.24. The molecule has 0 atom stereocenters. The Labute approximate surface area is 119 Å². The molecule has 2 aromatic carbocycles. The van der Waals surface area contributed by atoms with Crippen molar-refractivity contribution in [2.75, 3.05) is 0 Å². The quantitative estimate of drug-likeness (QED) is 0.527. The summed E-state index contributed by atoms with van der Waals surface area (Å²) in [5, 5.41) is 0. The van der Waals surface area contributed by atoms with Gasteiger partial charge in [-0.05, 0) is 0 Å². The summed E-state index contributed by atoms with van der Waals surface area (Å²) in [7, 11) is 0. The van der Waals surface area contributed by atoms with E-state index >= 15 is 0 Å². The van der Waals surface area contributed by atoms with Gasteiger partial charge >= 0.3 is 120 Å².